The molecule has 0 aliphatic heterocycles. The molecule has 4 rings (SSSR count). The molecule has 35 heavy (non-hydrogen) atoms. The summed E-state index contributed by atoms with van der Waals surface area (Å²) in [6.07, 6.45) is 2.92. The zero-order valence-corrected chi connectivity index (χ0v) is 21.9. The third-order valence-electron chi connectivity index (χ3n) is 6.39. The van der Waals surface area contributed by atoms with Crippen LogP contribution in [0.5, 0.6) is 5.75 Å². The van der Waals surface area contributed by atoms with Gasteiger partial charge in [0.15, 0.2) is 5.60 Å². The highest BCUT2D eigenvalue weighted by Gasteiger charge is 2.33. The number of halogens is 2. The minimum absolute atomic E-state index is 0.0394. The van der Waals surface area contributed by atoms with Gasteiger partial charge in [-0.25, -0.2) is 0 Å². The minimum atomic E-state index is -1.06. The molecule has 3 aromatic carbocycles. The highest BCUT2D eigenvalue weighted by atomic mass is 35.5. The summed E-state index contributed by atoms with van der Waals surface area (Å²) >= 11 is 12.1. The lowest BCUT2D eigenvalue weighted by Gasteiger charge is -2.31. The van der Waals surface area contributed by atoms with E-state index in [0.717, 1.165) is 17.5 Å². The zero-order valence-electron chi connectivity index (χ0n) is 20.4. The lowest BCUT2D eigenvalue weighted by Crippen LogP contribution is -2.51. The van der Waals surface area contributed by atoms with Crippen LogP contribution >= 0.6 is 23.2 Å². The number of nitrogens with zero attached hydrogens (tertiary/aromatic N) is 1. The third-order valence-corrected chi connectivity index (χ3v) is 6.90. The molecule has 0 spiro atoms. The van der Waals surface area contributed by atoms with Crippen molar-refractivity contribution in [1.29, 1.82) is 0 Å². The molecule has 0 radical (unpaired) electrons. The number of nitrogens with one attached hydrogen (secondary N) is 1. The SMILES string of the molecule is CC(NC(=O)C(C)(C)Oc1ccc(Cl)cc1)C(Cc1ccc(Cl)cc1)c1cn(C)c2ccccc12. The first-order chi connectivity index (χ1) is 16.6. The summed E-state index contributed by atoms with van der Waals surface area (Å²) in [4.78, 5) is 13.4. The number of fused-ring (bicyclic) bond motifs is 1. The molecule has 1 N–H and O–H groups in total. The Labute approximate surface area is 216 Å². The summed E-state index contributed by atoms with van der Waals surface area (Å²) in [5.41, 5.74) is 2.45. The van der Waals surface area contributed by atoms with E-state index in [0.29, 0.717) is 15.8 Å². The van der Waals surface area contributed by atoms with Gasteiger partial charge in [0.25, 0.3) is 5.91 Å². The molecule has 2 unspecified atom stereocenters. The van der Waals surface area contributed by atoms with Crippen LogP contribution in [0, 0.1) is 0 Å². The van der Waals surface area contributed by atoms with Crippen molar-refractivity contribution < 1.29 is 9.53 Å². The van der Waals surface area contributed by atoms with Crippen molar-refractivity contribution in [3.8, 4) is 5.75 Å². The van der Waals surface area contributed by atoms with E-state index >= 15 is 0 Å². The summed E-state index contributed by atoms with van der Waals surface area (Å²) < 4.78 is 8.16. The molecule has 2 atom stereocenters. The average molecular weight is 509 g/mol. The van der Waals surface area contributed by atoms with Crippen molar-refractivity contribution in [3.05, 3.63) is 100 Å². The number of ether oxygens (including phenoxy) is 1. The predicted octanol–water partition coefficient (Wildman–Crippen LogP) is 7.17. The van der Waals surface area contributed by atoms with Crippen LogP contribution in [0.25, 0.3) is 10.9 Å². The molecule has 0 aliphatic rings. The smallest absolute Gasteiger partial charge is 0.263 e. The van der Waals surface area contributed by atoms with Gasteiger partial charge in [-0.3, -0.25) is 4.79 Å². The van der Waals surface area contributed by atoms with E-state index in [-0.39, 0.29) is 17.9 Å². The number of hydrogen-bond acceptors (Lipinski definition) is 2. The summed E-state index contributed by atoms with van der Waals surface area (Å²) in [5, 5.41) is 5.74. The molecule has 0 aliphatic carbocycles. The summed E-state index contributed by atoms with van der Waals surface area (Å²) in [7, 11) is 2.05. The molecule has 1 aromatic heterocycles. The van der Waals surface area contributed by atoms with Crippen molar-refractivity contribution in [3.63, 3.8) is 0 Å². The Kier molecular flexibility index (Phi) is 7.44. The number of para-hydroxylation sites is 1. The van der Waals surface area contributed by atoms with Gasteiger partial charge < -0.3 is 14.6 Å². The molecule has 0 saturated carbocycles. The van der Waals surface area contributed by atoms with E-state index < -0.39 is 5.60 Å². The standard InChI is InChI=1S/C29H30Cl2N2O2/c1-19(32-28(34)29(2,3)35-23-15-13-22(31)14-16-23)25(17-20-9-11-21(30)12-10-20)26-18-33(4)27-8-6-5-7-24(26)27/h5-16,18-19,25H,17H2,1-4H3,(H,32,34). The van der Waals surface area contributed by atoms with E-state index in [1.807, 2.05) is 30.3 Å². The number of amides is 1. The van der Waals surface area contributed by atoms with Crippen LogP contribution < -0.4 is 10.1 Å². The number of benzene rings is 3. The number of aryl methyl sites for hydroxylation is 1. The van der Waals surface area contributed by atoms with Gasteiger partial charge in [0.2, 0.25) is 0 Å². The minimum Gasteiger partial charge on any atom is -0.478 e. The largest absolute Gasteiger partial charge is 0.478 e. The fourth-order valence-electron chi connectivity index (χ4n) is 4.42. The molecule has 1 heterocycles. The second-order valence-electron chi connectivity index (χ2n) is 9.48. The Morgan fingerprint density at radius 1 is 0.971 bits per heavy atom. The number of carbonyl (C=O) groups excluding carboxylic acids is 1. The van der Waals surface area contributed by atoms with Crippen molar-refractivity contribution in [2.45, 2.75) is 44.8 Å². The average Bonchev–Trinajstić information content (AvgIpc) is 3.16. The van der Waals surface area contributed by atoms with Gasteiger partial charge in [-0.15, -0.1) is 0 Å². The fraction of sp³-hybridized carbons (Fsp3) is 0.276. The maximum absolute atomic E-state index is 13.4. The third kappa shape index (κ3) is 5.83. The first-order valence-electron chi connectivity index (χ1n) is 11.7. The highest BCUT2D eigenvalue weighted by molar-refractivity contribution is 6.30. The highest BCUT2D eigenvalue weighted by Crippen LogP contribution is 2.33. The summed E-state index contributed by atoms with van der Waals surface area (Å²) in [6, 6.07) is 23.1. The van der Waals surface area contributed by atoms with Gasteiger partial charge in [0, 0.05) is 46.2 Å². The van der Waals surface area contributed by atoms with E-state index in [1.54, 1.807) is 38.1 Å². The zero-order chi connectivity index (χ0) is 25.2. The van der Waals surface area contributed by atoms with Crippen LogP contribution in [0.1, 0.15) is 37.8 Å². The lowest BCUT2D eigenvalue weighted by atomic mass is 9.86. The Balaban J connectivity index is 1.61. The van der Waals surface area contributed by atoms with Gasteiger partial charge in [-0.05, 0) is 80.8 Å². The molecule has 0 fully saturated rings. The van der Waals surface area contributed by atoms with Crippen molar-refractivity contribution in [2.75, 3.05) is 0 Å². The van der Waals surface area contributed by atoms with Gasteiger partial charge >= 0.3 is 0 Å². The topological polar surface area (TPSA) is 43.3 Å². The monoisotopic (exact) mass is 508 g/mol. The number of aromatic nitrogens is 1. The maximum Gasteiger partial charge on any atom is 0.263 e. The molecule has 0 saturated heterocycles. The normalized spacial score (nSPS) is 13.4. The van der Waals surface area contributed by atoms with E-state index in [2.05, 4.69) is 48.3 Å². The van der Waals surface area contributed by atoms with Gasteiger partial charge in [-0.1, -0.05) is 53.5 Å². The Morgan fingerprint density at radius 3 is 2.23 bits per heavy atom. The molecular formula is C29H30Cl2N2O2. The quantitative estimate of drug-likeness (QED) is 0.274. The van der Waals surface area contributed by atoms with Gasteiger partial charge in [-0.2, -0.15) is 0 Å². The second-order valence-corrected chi connectivity index (χ2v) is 10.4. The number of carbonyl (C=O) groups is 1. The van der Waals surface area contributed by atoms with Gasteiger partial charge in [0.1, 0.15) is 5.75 Å². The maximum atomic E-state index is 13.4. The van der Waals surface area contributed by atoms with Crippen LogP contribution in [-0.4, -0.2) is 22.1 Å². The lowest BCUT2D eigenvalue weighted by molar-refractivity contribution is -0.135. The van der Waals surface area contributed by atoms with E-state index in [9.17, 15) is 4.79 Å². The van der Waals surface area contributed by atoms with Crippen LogP contribution in [0.15, 0.2) is 79.0 Å². The summed E-state index contributed by atoms with van der Waals surface area (Å²) in [6.45, 7) is 5.60. The predicted molar refractivity (Wildman–Crippen MR) is 145 cm³/mol. The fourth-order valence-corrected chi connectivity index (χ4v) is 4.68. The molecular weight excluding hydrogens is 479 g/mol. The number of rotatable bonds is 8. The molecule has 0 bridgehead atoms. The van der Waals surface area contributed by atoms with Crippen LogP contribution in [-0.2, 0) is 18.3 Å². The molecule has 4 nitrogen and oxygen atoms in total. The van der Waals surface area contributed by atoms with Crippen molar-refractivity contribution >= 4 is 40.0 Å². The van der Waals surface area contributed by atoms with Crippen LogP contribution in [0.4, 0.5) is 0 Å². The Morgan fingerprint density at radius 2 is 1.57 bits per heavy atom. The van der Waals surface area contributed by atoms with Crippen molar-refractivity contribution in [2.24, 2.45) is 7.05 Å². The Hall–Kier alpha value is -2.95. The van der Waals surface area contributed by atoms with Crippen molar-refractivity contribution in [1.82, 2.24) is 9.88 Å². The molecule has 1 amide bonds. The molecule has 6 heteroatoms. The van der Waals surface area contributed by atoms with Gasteiger partial charge in [0.05, 0.1) is 0 Å². The van der Waals surface area contributed by atoms with Crippen LogP contribution in [0.3, 0.4) is 0 Å². The Bertz CT molecular complexity index is 1310. The summed E-state index contributed by atoms with van der Waals surface area (Å²) in [5.74, 6) is 0.452. The second kappa shape index (κ2) is 10.3. The van der Waals surface area contributed by atoms with Crippen LogP contribution in [0.2, 0.25) is 10.0 Å². The molecule has 182 valence electrons. The first-order valence-corrected chi connectivity index (χ1v) is 12.4. The first kappa shape index (κ1) is 25.2. The van der Waals surface area contributed by atoms with E-state index in [1.165, 1.54) is 10.9 Å². The number of hydrogen-bond donors (Lipinski definition) is 1. The molecule has 4 aromatic rings. The van der Waals surface area contributed by atoms with E-state index in [4.69, 9.17) is 27.9 Å².